The van der Waals surface area contributed by atoms with Crippen molar-refractivity contribution < 1.29 is 31.9 Å². The van der Waals surface area contributed by atoms with E-state index in [1.807, 2.05) is 35.1 Å². The molecule has 242 valence electrons. The van der Waals surface area contributed by atoms with Gasteiger partial charge in [-0.15, -0.1) is 0 Å². The molecule has 2 unspecified atom stereocenters. The van der Waals surface area contributed by atoms with Crippen molar-refractivity contribution >= 4 is 39.0 Å². The van der Waals surface area contributed by atoms with Gasteiger partial charge in [0.1, 0.15) is 17.4 Å². The van der Waals surface area contributed by atoms with E-state index >= 15 is 8.78 Å². The molecule has 2 heterocycles. The second-order valence-corrected chi connectivity index (χ2v) is 12.5. The van der Waals surface area contributed by atoms with Crippen molar-refractivity contribution in [2.45, 2.75) is 58.0 Å². The van der Waals surface area contributed by atoms with Gasteiger partial charge in [0.15, 0.2) is 12.1 Å². The zero-order valence-corrected chi connectivity index (χ0v) is 25.5. The lowest BCUT2D eigenvalue weighted by atomic mass is 10.0. The summed E-state index contributed by atoms with van der Waals surface area (Å²) in [5.41, 5.74) is -1.07. The van der Waals surface area contributed by atoms with Gasteiger partial charge in [-0.05, 0) is 30.9 Å². The predicted octanol–water partition coefficient (Wildman–Crippen LogP) is 1.86. The molecule has 1 aliphatic rings. The van der Waals surface area contributed by atoms with Gasteiger partial charge in [-0.1, -0.05) is 43.7 Å². The van der Waals surface area contributed by atoms with Crippen LogP contribution in [0.3, 0.4) is 0 Å². The molecule has 1 aliphatic heterocycles. The van der Waals surface area contributed by atoms with E-state index in [2.05, 4.69) is 20.9 Å². The number of halogens is 2. The maximum absolute atomic E-state index is 16.0. The molecular weight excluding hydrogens is 610 g/mol. The molecule has 0 bridgehead atoms. The van der Waals surface area contributed by atoms with Gasteiger partial charge in [0.25, 0.3) is 5.91 Å². The third-order valence-corrected chi connectivity index (χ3v) is 8.74. The van der Waals surface area contributed by atoms with Crippen LogP contribution in [-0.4, -0.2) is 67.4 Å². The molecule has 0 aliphatic carbocycles. The third kappa shape index (κ3) is 8.78. The first-order chi connectivity index (χ1) is 21.5. The van der Waals surface area contributed by atoms with Crippen LogP contribution in [0.25, 0.3) is 10.9 Å². The van der Waals surface area contributed by atoms with E-state index in [9.17, 15) is 27.9 Å². The van der Waals surface area contributed by atoms with Gasteiger partial charge in [0.05, 0.1) is 16.7 Å². The molecule has 2 atom stereocenters. The number of sulfonamides is 1. The van der Waals surface area contributed by atoms with Crippen LogP contribution in [0.15, 0.2) is 52.4 Å². The Morgan fingerprint density at radius 3 is 2.64 bits per heavy atom. The van der Waals surface area contributed by atoms with Crippen molar-refractivity contribution in [3.63, 3.8) is 0 Å². The molecule has 0 saturated carbocycles. The summed E-state index contributed by atoms with van der Waals surface area (Å²) < 4.78 is 59.3. The summed E-state index contributed by atoms with van der Waals surface area (Å²) in [6.07, 6.45) is 4.30. The molecule has 0 saturated heterocycles. The minimum Gasteiger partial charge on any atom is -0.480 e. The number of aliphatic imine (C=N–C) groups is 1. The lowest BCUT2D eigenvalue weighted by molar-refractivity contribution is -0.138. The molecule has 45 heavy (non-hydrogen) atoms. The Hall–Kier alpha value is -4.05. The average molecular weight is 647 g/mol. The van der Waals surface area contributed by atoms with Crippen LogP contribution in [0.4, 0.5) is 8.78 Å². The van der Waals surface area contributed by atoms with E-state index in [1.54, 1.807) is 13.1 Å². The molecule has 3 aromatic rings. The van der Waals surface area contributed by atoms with Crippen LogP contribution in [-0.2, 0) is 34.3 Å². The molecule has 2 aromatic carbocycles. The fourth-order valence-electron chi connectivity index (χ4n) is 4.84. The minimum absolute atomic E-state index is 0.111. The number of hydrogen-bond acceptors (Lipinski definition) is 8. The smallest absolute Gasteiger partial charge is 0.323 e. The molecule has 5 N–H and O–H groups in total. The molecule has 12 nitrogen and oxygen atoms in total. The van der Waals surface area contributed by atoms with E-state index in [0.29, 0.717) is 25.8 Å². The number of aryl methyl sites for hydroxylation is 2. The Morgan fingerprint density at radius 2 is 1.98 bits per heavy atom. The molecule has 0 fully saturated rings. The summed E-state index contributed by atoms with van der Waals surface area (Å²) in [6.45, 7) is 1.63. The van der Waals surface area contributed by atoms with E-state index < -0.39 is 63.4 Å². The second kappa shape index (κ2) is 15.3. The summed E-state index contributed by atoms with van der Waals surface area (Å²) >= 11 is 0. The number of hydrogen-bond donors (Lipinski definition) is 5. The SMILES string of the molecule is CCCCS(=O)(=O)NC(CNC(=O)c1cn(CCc2ccccc2)c2c(F)c(CNC3N=CCCN3)c(F)cc2c1=O)C(=O)O. The number of carbonyl (C=O) groups excluding carboxylic acids is 1. The Morgan fingerprint density at radius 1 is 1.22 bits per heavy atom. The number of aliphatic carboxylic acids is 1. The highest BCUT2D eigenvalue weighted by Crippen LogP contribution is 2.24. The number of unbranched alkanes of at least 4 members (excludes halogenated alkanes) is 1. The first-order valence-corrected chi connectivity index (χ1v) is 16.2. The average Bonchev–Trinajstić information content (AvgIpc) is 3.02. The van der Waals surface area contributed by atoms with E-state index in [0.717, 1.165) is 24.2 Å². The Labute approximate surface area is 259 Å². The second-order valence-electron chi connectivity index (χ2n) is 10.6. The number of fused-ring (bicyclic) bond motifs is 1. The van der Waals surface area contributed by atoms with Crippen molar-refractivity contribution in [3.8, 4) is 0 Å². The lowest BCUT2D eigenvalue weighted by Gasteiger charge is -2.20. The summed E-state index contributed by atoms with van der Waals surface area (Å²) in [5, 5.41) is 17.4. The summed E-state index contributed by atoms with van der Waals surface area (Å²) in [7, 11) is -3.95. The number of aromatic nitrogens is 1. The number of carbonyl (C=O) groups is 2. The van der Waals surface area contributed by atoms with Crippen LogP contribution in [0.2, 0.25) is 0 Å². The maximum Gasteiger partial charge on any atom is 0.323 e. The monoisotopic (exact) mass is 646 g/mol. The van der Waals surface area contributed by atoms with Crippen LogP contribution >= 0.6 is 0 Å². The molecule has 0 radical (unpaired) electrons. The van der Waals surface area contributed by atoms with Gasteiger partial charge in [-0.3, -0.25) is 30.0 Å². The highest BCUT2D eigenvalue weighted by atomic mass is 32.2. The summed E-state index contributed by atoms with van der Waals surface area (Å²) in [6, 6.07) is 8.38. The van der Waals surface area contributed by atoms with Crippen LogP contribution < -0.4 is 26.1 Å². The van der Waals surface area contributed by atoms with Crippen molar-refractivity contribution in [1.82, 2.24) is 25.2 Å². The van der Waals surface area contributed by atoms with Crippen molar-refractivity contribution in [3.05, 3.63) is 81.1 Å². The summed E-state index contributed by atoms with van der Waals surface area (Å²) in [4.78, 5) is 42.6. The number of nitrogens with one attached hydrogen (secondary N) is 4. The fourth-order valence-corrected chi connectivity index (χ4v) is 6.25. The molecular formula is C30H36F2N6O6S. The van der Waals surface area contributed by atoms with Gasteiger partial charge in [0, 0.05) is 44.2 Å². The van der Waals surface area contributed by atoms with Crippen LogP contribution in [0.5, 0.6) is 0 Å². The molecule has 1 aromatic heterocycles. The van der Waals surface area contributed by atoms with Crippen LogP contribution in [0, 0.1) is 11.6 Å². The normalized spacial score (nSPS) is 15.7. The number of rotatable bonds is 15. The Bertz CT molecular complexity index is 1730. The highest BCUT2D eigenvalue weighted by molar-refractivity contribution is 7.89. The zero-order valence-electron chi connectivity index (χ0n) is 24.7. The van der Waals surface area contributed by atoms with Crippen LogP contribution in [0.1, 0.15) is 47.7 Å². The minimum atomic E-state index is -3.95. The molecule has 4 rings (SSSR count). The number of nitrogens with zero attached hydrogens (tertiary/aromatic N) is 2. The number of carboxylic acid groups (broad SMARTS) is 1. The third-order valence-electron chi connectivity index (χ3n) is 7.27. The first kappa shape index (κ1) is 33.8. The van der Waals surface area contributed by atoms with Crippen molar-refractivity contribution in [1.29, 1.82) is 0 Å². The number of pyridine rings is 1. The van der Waals surface area contributed by atoms with E-state index in [4.69, 9.17) is 0 Å². The van der Waals surface area contributed by atoms with Crippen molar-refractivity contribution in [2.24, 2.45) is 4.99 Å². The zero-order chi connectivity index (χ0) is 32.6. The Balaban J connectivity index is 1.67. The lowest BCUT2D eigenvalue weighted by Crippen LogP contribution is -2.49. The van der Waals surface area contributed by atoms with Gasteiger partial charge in [-0.25, -0.2) is 17.2 Å². The van der Waals surface area contributed by atoms with Gasteiger partial charge in [-0.2, -0.15) is 4.72 Å². The first-order valence-electron chi connectivity index (χ1n) is 14.6. The Kier molecular flexibility index (Phi) is 11.5. The quantitative estimate of drug-likeness (QED) is 0.167. The maximum atomic E-state index is 16.0. The van der Waals surface area contributed by atoms with E-state index in [1.165, 1.54) is 4.57 Å². The number of amides is 1. The van der Waals surface area contributed by atoms with Gasteiger partial charge >= 0.3 is 5.97 Å². The fraction of sp³-hybridized carbons (Fsp3) is 0.400. The van der Waals surface area contributed by atoms with Crippen molar-refractivity contribution in [2.75, 3.05) is 18.8 Å². The predicted molar refractivity (Wildman–Crippen MR) is 166 cm³/mol. The highest BCUT2D eigenvalue weighted by Gasteiger charge is 2.27. The molecule has 1 amide bonds. The molecule has 0 spiro atoms. The van der Waals surface area contributed by atoms with Gasteiger partial charge < -0.3 is 15.0 Å². The van der Waals surface area contributed by atoms with Gasteiger partial charge in [0.2, 0.25) is 15.5 Å². The largest absolute Gasteiger partial charge is 0.480 e. The number of benzene rings is 2. The van der Waals surface area contributed by atoms with E-state index in [-0.39, 0.29) is 35.3 Å². The summed E-state index contributed by atoms with van der Waals surface area (Å²) in [5.74, 6) is -4.82. The standard InChI is InChI=1S/C30H36F2N6O6S/c1-2-3-14-45(43,44)37-24(29(41)42)17-35-28(40)22-18-38(13-10-19-8-5-4-6-9-19)26-20(27(22)39)15-23(31)21(25(26)32)16-36-30-33-11-7-12-34-30/h4-6,8-9,11,15,18,24,30,34,36-37H,2-3,7,10,12-14,16-17H2,1H3,(H,35,40)(H,41,42). The topological polar surface area (TPSA) is 171 Å². The number of carboxylic acids is 1. The molecule has 15 heteroatoms.